The van der Waals surface area contributed by atoms with E-state index in [0.717, 1.165) is 25.9 Å². The van der Waals surface area contributed by atoms with Crippen molar-refractivity contribution in [3.05, 3.63) is 29.8 Å². The second-order valence-corrected chi connectivity index (χ2v) is 5.97. The van der Waals surface area contributed by atoms with Gasteiger partial charge in [0, 0.05) is 25.2 Å². The van der Waals surface area contributed by atoms with Crippen LogP contribution in [0.5, 0.6) is 5.75 Å². The predicted molar refractivity (Wildman–Crippen MR) is 96.8 cm³/mol. The highest BCUT2D eigenvalue weighted by atomic mass is 35.5. The number of nitrogens with one attached hydrogen (secondary N) is 2. The van der Waals surface area contributed by atoms with Crippen molar-refractivity contribution in [2.45, 2.75) is 25.2 Å². The number of carbonyl (C=O) groups is 1. The summed E-state index contributed by atoms with van der Waals surface area (Å²) < 4.78 is 30.9. The largest absolute Gasteiger partial charge is 0.488 e. The highest BCUT2D eigenvalue weighted by molar-refractivity contribution is 6.02. The summed E-state index contributed by atoms with van der Waals surface area (Å²) in [5.41, 5.74) is 0.0446. The van der Waals surface area contributed by atoms with Crippen LogP contribution in [0.4, 0.5) is 14.7 Å². The van der Waals surface area contributed by atoms with Crippen molar-refractivity contribution in [2.24, 2.45) is 7.05 Å². The van der Waals surface area contributed by atoms with Crippen LogP contribution in [0.3, 0.4) is 0 Å². The average Bonchev–Trinajstić information content (AvgIpc) is 3.01. The fraction of sp³-hybridized carbons (Fsp3) is 0.500. The topological polar surface area (TPSA) is 94.0 Å². The normalized spacial score (nSPS) is 14.7. The molecular formula is C16H21ClF2N6O2. The number of pyridine rings is 1. The van der Waals surface area contributed by atoms with E-state index in [4.69, 9.17) is 4.74 Å². The minimum absolute atomic E-state index is 0. The number of halogens is 3. The van der Waals surface area contributed by atoms with Gasteiger partial charge in [0.25, 0.3) is 12.3 Å². The zero-order valence-electron chi connectivity index (χ0n) is 14.7. The van der Waals surface area contributed by atoms with Crippen LogP contribution < -0.4 is 15.4 Å². The number of aryl methyl sites for hydroxylation is 1. The van der Waals surface area contributed by atoms with Crippen molar-refractivity contribution in [3.63, 3.8) is 0 Å². The SMILES string of the molecule is Cl.Cn1nc(C2CCNCC2)nc1NC(=O)c1cc(OCC(F)F)ccn1. The summed E-state index contributed by atoms with van der Waals surface area (Å²) in [5.74, 6) is 0.909. The van der Waals surface area contributed by atoms with Gasteiger partial charge in [0.2, 0.25) is 5.95 Å². The number of anilines is 1. The van der Waals surface area contributed by atoms with Gasteiger partial charge in [-0.2, -0.15) is 10.1 Å². The molecular weight excluding hydrogens is 382 g/mol. The lowest BCUT2D eigenvalue weighted by atomic mass is 9.98. The number of aromatic nitrogens is 4. The summed E-state index contributed by atoms with van der Waals surface area (Å²) in [7, 11) is 1.70. The molecule has 3 rings (SSSR count). The Bertz CT molecular complexity index is 767. The van der Waals surface area contributed by atoms with Crippen LogP contribution in [0.1, 0.15) is 35.1 Å². The maximum Gasteiger partial charge on any atom is 0.276 e. The first-order valence-electron chi connectivity index (χ1n) is 8.33. The van der Waals surface area contributed by atoms with Crippen LogP contribution in [-0.4, -0.2) is 51.8 Å². The lowest BCUT2D eigenvalue weighted by molar-refractivity contribution is 0.0818. The third-order valence-electron chi connectivity index (χ3n) is 4.05. The second kappa shape index (κ2) is 9.56. The molecule has 8 nitrogen and oxygen atoms in total. The molecule has 1 amide bonds. The summed E-state index contributed by atoms with van der Waals surface area (Å²) in [5, 5.41) is 10.3. The number of nitrogens with zero attached hydrogens (tertiary/aromatic N) is 4. The number of ether oxygens (including phenoxy) is 1. The number of rotatable bonds is 6. The van der Waals surface area contributed by atoms with Gasteiger partial charge in [-0.25, -0.2) is 13.5 Å². The average molecular weight is 403 g/mol. The van der Waals surface area contributed by atoms with E-state index in [-0.39, 0.29) is 29.8 Å². The zero-order valence-corrected chi connectivity index (χ0v) is 15.5. The molecule has 148 valence electrons. The summed E-state index contributed by atoms with van der Waals surface area (Å²) in [6.45, 7) is 1.09. The van der Waals surface area contributed by atoms with Gasteiger partial charge in [-0.1, -0.05) is 0 Å². The van der Waals surface area contributed by atoms with Crippen LogP contribution in [0.2, 0.25) is 0 Å². The first-order valence-corrected chi connectivity index (χ1v) is 8.33. The molecule has 0 unspecified atom stereocenters. The Morgan fingerprint density at radius 2 is 2.19 bits per heavy atom. The van der Waals surface area contributed by atoms with E-state index in [1.54, 1.807) is 7.05 Å². The smallest absolute Gasteiger partial charge is 0.276 e. The molecule has 27 heavy (non-hydrogen) atoms. The van der Waals surface area contributed by atoms with Gasteiger partial charge in [0.05, 0.1) is 0 Å². The molecule has 0 bridgehead atoms. The molecule has 3 heterocycles. The third kappa shape index (κ3) is 5.57. The molecule has 1 fully saturated rings. The number of amides is 1. The van der Waals surface area contributed by atoms with E-state index in [0.29, 0.717) is 11.8 Å². The van der Waals surface area contributed by atoms with Gasteiger partial charge in [0.15, 0.2) is 5.82 Å². The lowest BCUT2D eigenvalue weighted by Crippen LogP contribution is -2.27. The Balaban J connectivity index is 0.00000261. The number of hydrogen-bond donors (Lipinski definition) is 2. The Kier molecular flexibility index (Phi) is 7.43. The molecule has 0 saturated carbocycles. The zero-order chi connectivity index (χ0) is 18.5. The van der Waals surface area contributed by atoms with Gasteiger partial charge in [0.1, 0.15) is 18.1 Å². The maximum absolute atomic E-state index is 12.4. The molecule has 2 N–H and O–H groups in total. The van der Waals surface area contributed by atoms with Crippen LogP contribution in [0.25, 0.3) is 0 Å². The number of hydrogen-bond acceptors (Lipinski definition) is 6. The second-order valence-electron chi connectivity index (χ2n) is 5.97. The van der Waals surface area contributed by atoms with Crippen LogP contribution in [-0.2, 0) is 7.05 Å². The highest BCUT2D eigenvalue weighted by Crippen LogP contribution is 2.23. The van der Waals surface area contributed by atoms with Gasteiger partial charge in [-0.05, 0) is 32.0 Å². The summed E-state index contributed by atoms with van der Waals surface area (Å²) >= 11 is 0. The van der Waals surface area contributed by atoms with Crippen molar-refractivity contribution in [1.82, 2.24) is 25.1 Å². The van der Waals surface area contributed by atoms with Gasteiger partial charge in [-0.15, -0.1) is 12.4 Å². The molecule has 2 aromatic heterocycles. The van der Waals surface area contributed by atoms with Crippen molar-refractivity contribution < 1.29 is 18.3 Å². The molecule has 0 radical (unpaired) electrons. The molecule has 0 aliphatic carbocycles. The van der Waals surface area contributed by atoms with Crippen molar-refractivity contribution in [1.29, 1.82) is 0 Å². The molecule has 2 aromatic rings. The van der Waals surface area contributed by atoms with Gasteiger partial charge in [-0.3, -0.25) is 15.1 Å². The fourth-order valence-corrected chi connectivity index (χ4v) is 2.72. The Labute approximate surface area is 161 Å². The quantitative estimate of drug-likeness (QED) is 0.767. The molecule has 1 aliphatic rings. The first-order chi connectivity index (χ1) is 12.5. The summed E-state index contributed by atoms with van der Waals surface area (Å²) in [6, 6.07) is 2.72. The maximum atomic E-state index is 12.4. The monoisotopic (exact) mass is 402 g/mol. The molecule has 1 aliphatic heterocycles. The van der Waals surface area contributed by atoms with E-state index >= 15 is 0 Å². The third-order valence-corrected chi connectivity index (χ3v) is 4.05. The van der Waals surface area contributed by atoms with Gasteiger partial charge < -0.3 is 10.1 Å². The number of piperidine rings is 1. The van der Waals surface area contributed by atoms with Crippen molar-refractivity contribution in [2.75, 3.05) is 25.0 Å². The fourth-order valence-electron chi connectivity index (χ4n) is 2.72. The highest BCUT2D eigenvalue weighted by Gasteiger charge is 2.22. The van der Waals surface area contributed by atoms with Crippen LogP contribution in [0.15, 0.2) is 18.3 Å². The van der Waals surface area contributed by atoms with Gasteiger partial charge >= 0.3 is 0 Å². The summed E-state index contributed by atoms with van der Waals surface area (Å²) in [4.78, 5) is 20.7. The summed E-state index contributed by atoms with van der Waals surface area (Å²) in [6.07, 6.45) is 0.630. The van der Waals surface area contributed by atoms with E-state index in [2.05, 4.69) is 25.7 Å². The first kappa shape index (κ1) is 21.0. The van der Waals surface area contributed by atoms with Crippen molar-refractivity contribution >= 4 is 24.3 Å². The standard InChI is InChI=1S/C16H20F2N6O2.ClH/c1-24-16(21-14(23-24)10-2-5-19-6-3-10)22-15(25)12-8-11(4-7-20-12)26-9-13(17)18;/h4,7-8,10,13,19H,2-3,5-6,9H2,1H3,(H,21,22,23,25);1H. The molecule has 1 saturated heterocycles. The van der Waals surface area contributed by atoms with E-state index < -0.39 is 18.9 Å². The number of alkyl halides is 2. The van der Waals surface area contributed by atoms with Crippen LogP contribution in [0, 0.1) is 0 Å². The Hall–Kier alpha value is -2.33. The molecule has 0 atom stereocenters. The van der Waals surface area contributed by atoms with Crippen molar-refractivity contribution in [3.8, 4) is 5.75 Å². The van der Waals surface area contributed by atoms with E-state index in [1.807, 2.05) is 0 Å². The van der Waals surface area contributed by atoms with E-state index in [1.165, 1.54) is 23.0 Å². The number of carbonyl (C=O) groups excluding carboxylic acids is 1. The molecule has 11 heteroatoms. The Morgan fingerprint density at radius 3 is 2.89 bits per heavy atom. The minimum Gasteiger partial charge on any atom is -0.488 e. The molecule has 0 spiro atoms. The minimum atomic E-state index is -2.59. The Morgan fingerprint density at radius 1 is 1.44 bits per heavy atom. The lowest BCUT2D eigenvalue weighted by Gasteiger charge is -2.19. The predicted octanol–water partition coefficient (Wildman–Crippen LogP) is 2.00. The molecule has 0 aromatic carbocycles. The van der Waals surface area contributed by atoms with Crippen LogP contribution >= 0.6 is 12.4 Å². The van der Waals surface area contributed by atoms with E-state index in [9.17, 15) is 13.6 Å².